The summed E-state index contributed by atoms with van der Waals surface area (Å²) in [4.78, 5) is 12.6. The number of likely N-dealkylation sites (tertiary alicyclic amines) is 1. The van der Waals surface area contributed by atoms with E-state index < -0.39 is 0 Å². The zero-order valence-corrected chi connectivity index (χ0v) is 7.97. The topological polar surface area (TPSA) is 32.3 Å². The average Bonchev–Trinajstić information content (AvgIpc) is 2.04. The van der Waals surface area contributed by atoms with E-state index in [2.05, 4.69) is 17.1 Å². The number of hydrogen-bond donors (Lipinski definition) is 1. The molecule has 0 aromatic carbocycles. The summed E-state index contributed by atoms with van der Waals surface area (Å²) in [5, 5.41) is 3.31. The van der Waals surface area contributed by atoms with Crippen LogP contribution in [-0.2, 0) is 4.79 Å². The van der Waals surface area contributed by atoms with Gasteiger partial charge in [0.15, 0.2) is 0 Å². The fourth-order valence-electron chi connectivity index (χ4n) is 1.81. The molecule has 70 valence electrons. The van der Waals surface area contributed by atoms with Gasteiger partial charge in [0, 0.05) is 25.0 Å². The Bertz CT molecular complexity index is 153. The summed E-state index contributed by atoms with van der Waals surface area (Å²) >= 11 is 0. The molecule has 3 nitrogen and oxygen atoms in total. The molecule has 0 aromatic rings. The minimum Gasteiger partial charge on any atom is -0.312 e. The molecule has 0 saturated carbocycles. The molecule has 1 aliphatic heterocycles. The van der Waals surface area contributed by atoms with Crippen LogP contribution in [0.5, 0.6) is 0 Å². The van der Waals surface area contributed by atoms with E-state index in [1.54, 1.807) is 0 Å². The molecule has 0 bridgehead atoms. The molecule has 1 fully saturated rings. The Kier molecular flexibility index (Phi) is 3.23. The largest absolute Gasteiger partial charge is 0.312 e. The number of nitrogens with one attached hydrogen (secondary N) is 1. The maximum atomic E-state index is 10.2. The number of nitrogens with zero attached hydrogens (tertiary/aromatic N) is 1. The standard InChI is InChI=1S/C9H18N2O/c1-3-11-7-9(8-11,10-2)5-4-6-12/h6,10H,3-5,7-8H2,1-2H3. The molecule has 0 radical (unpaired) electrons. The number of carbonyl (C=O) groups excluding carboxylic acids is 1. The van der Waals surface area contributed by atoms with Crippen LogP contribution >= 0.6 is 0 Å². The van der Waals surface area contributed by atoms with E-state index in [1.807, 2.05) is 7.05 Å². The van der Waals surface area contributed by atoms with Gasteiger partial charge in [-0.1, -0.05) is 6.92 Å². The van der Waals surface area contributed by atoms with Gasteiger partial charge < -0.3 is 10.1 Å². The molecular weight excluding hydrogens is 152 g/mol. The van der Waals surface area contributed by atoms with Gasteiger partial charge in [-0.3, -0.25) is 4.90 Å². The van der Waals surface area contributed by atoms with Gasteiger partial charge in [0.1, 0.15) is 6.29 Å². The van der Waals surface area contributed by atoms with Crippen LogP contribution < -0.4 is 5.32 Å². The quantitative estimate of drug-likeness (QED) is 0.601. The van der Waals surface area contributed by atoms with Gasteiger partial charge in [-0.05, 0) is 20.0 Å². The van der Waals surface area contributed by atoms with Crippen molar-refractivity contribution in [2.75, 3.05) is 26.7 Å². The number of likely N-dealkylation sites (N-methyl/N-ethyl adjacent to an activating group) is 2. The normalized spacial score (nSPS) is 21.8. The van der Waals surface area contributed by atoms with Gasteiger partial charge in [-0.15, -0.1) is 0 Å². The number of aldehydes is 1. The van der Waals surface area contributed by atoms with Crippen molar-refractivity contribution in [2.45, 2.75) is 25.3 Å². The third-order valence-electron chi connectivity index (χ3n) is 2.77. The van der Waals surface area contributed by atoms with Crippen LogP contribution in [0.3, 0.4) is 0 Å². The predicted octanol–water partition coefficient (Wildman–Crippen LogP) is 0.259. The molecule has 0 aromatic heterocycles. The lowest BCUT2D eigenvalue weighted by atomic mass is 9.85. The number of rotatable bonds is 5. The van der Waals surface area contributed by atoms with E-state index in [0.717, 1.165) is 32.3 Å². The second-order valence-electron chi connectivity index (χ2n) is 3.54. The maximum Gasteiger partial charge on any atom is 0.120 e. The van der Waals surface area contributed by atoms with Gasteiger partial charge in [0.25, 0.3) is 0 Å². The first-order valence-corrected chi connectivity index (χ1v) is 4.61. The molecule has 1 N–H and O–H groups in total. The summed E-state index contributed by atoms with van der Waals surface area (Å²) in [6.45, 7) is 5.46. The average molecular weight is 170 g/mol. The molecule has 3 heteroatoms. The lowest BCUT2D eigenvalue weighted by Crippen LogP contribution is -2.68. The molecular formula is C9H18N2O. The van der Waals surface area contributed by atoms with Crippen molar-refractivity contribution in [1.29, 1.82) is 0 Å². The SMILES string of the molecule is CCN1CC(CCC=O)(NC)C1. The van der Waals surface area contributed by atoms with E-state index in [0.29, 0.717) is 6.42 Å². The number of hydrogen-bond acceptors (Lipinski definition) is 3. The van der Waals surface area contributed by atoms with Crippen molar-refractivity contribution in [3.8, 4) is 0 Å². The fraction of sp³-hybridized carbons (Fsp3) is 0.889. The first kappa shape index (κ1) is 9.68. The van der Waals surface area contributed by atoms with Crippen molar-refractivity contribution < 1.29 is 4.79 Å². The van der Waals surface area contributed by atoms with Crippen molar-refractivity contribution in [3.05, 3.63) is 0 Å². The van der Waals surface area contributed by atoms with E-state index in [9.17, 15) is 4.79 Å². The van der Waals surface area contributed by atoms with Crippen molar-refractivity contribution in [1.82, 2.24) is 10.2 Å². The van der Waals surface area contributed by atoms with E-state index in [1.165, 1.54) is 0 Å². The maximum absolute atomic E-state index is 10.2. The van der Waals surface area contributed by atoms with Crippen LogP contribution in [0.15, 0.2) is 0 Å². The molecule has 0 atom stereocenters. The minimum absolute atomic E-state index is 0.233. The van der Waals surface area contributed by atoms with Crippen LogP contribution in [0.25, 0.3) is 0 Å². The van der Waals surface area contributed by atoms with E-state index >= 15 is 0 Å². The highest BCUT2D eigenvalue weighted by atomic mass is 16.1. The first-order valence-electron chi connectivity index (χ1n) is 4.61. The van der Waals surface area contributed by atoms with Crippen LogP contribution in [0.2, 0.25) is 0 Å². The van der Waals surface area contributed by atoms with Crippen LogP contribution in [0, 0.1) is 0 Å². The second-order valence-corrected chi connectivity index (χ2v) is 3.54. The number of carbonyl (C=O) groups is 1. The Morgan fingerprint density at radius 1 is 1.58 bits per heavy atom. The van der Waals surface area contributed by atoms with Crippen molar-refractivity contribution in [3.63, 3.8) is 0 Å². The molecule has 0 aliphatic carbocycles. The van der Waals surface area contributed by atoms with Crippen LogP contribution in [0.1, 0.15) is 19.8 Å². The Hall–Kier alpha value is -0.410. The summed E-state index contributed by atoms with van der Waals surface area (Å²) in [7, 11) is 1.98. The zero-order chi connectivity index (χ0) is 9.03. The molecule has 0 spiro atoms. The first-order chi connectivity index (χ1) is 5.76. The second kappa shape index (κ2) is 4.01. The molecule has 12 heavy (non-hydrogen) atoms. The van der Waals surface area contributed by atoms with Gasteiger partial charge in [0.05, 0.1) is 0 Å². The third kappa shape index (κ3) is 1.84. The smallest absolute Gasteiger partial charge is 0.120 e. The minimum atomic E-state index is 0.233. The summed E-state index contributed by atoms with van der Waals surface area (Å²) in [5.74, 6) is 0. The molecule has 1 aliphatic rings. The van der Waals surface area contributed by atoms with Crippen molar-refractivity contribution >= 4 is 6.29 Å². The Labute approximate surface area is 74.1 Å². The summed E-state index contributed by atoms with van der Waals surface area (Å²) in [5.41, 5.74) is 0.233. The highest BCUT2D eigenvalue weighted by Gasteiger charge is 2.39. The lowest BCUT2D eigenvalue weighted by Gasteiger charge is -2.50. The highest BCUT2D eigenvalue weighted by Crippen LogP contribution is 2.24. The third-order valence-corrected chi connectivity index (χ3v) is 2.77. The van der Waals surface area contributed by atoms with Gasteiger partial charge in [-0.25, -0.2) is 0 Å². The molecule has 1 saturated heterocycles. The molecule has 0 amide bonds. The zero-order valence-electron chi connectivity index (χ0n) is 7.97. The predicted molar refractivity (Wildman–Crippen MR) is 49.2 cm³/mol. The highest BCUT2D eigenvalue weighted by molar-refractivity contribution is 5.49. The Balaban J connectivity index is 2.30. The lowest BCUT2D eigenvalue weighted by molar-refractivity contribution is -0.108. The van der Waals surface area contributed by atoms with Crippen LogP contribution in [0.4, 0.5) is 0 Å². The van der Waals surface area contributed by atoms with E-state index in [4.69, 9.17) is 0 Å². The summed E-state index contributed by atoms with van der Waals surface area (Å²) in [6.07, 6.45) is 2.66. The molecule has 0 unspecified atom stereocenters. The molecule has 1 rings (SSSR count). The molecule has 1 heterocycles. The van der Waals surface area contributed by atoms with E-state index in [-0.39, 0.29) is 5.54 Å². The van der Waals surface area contributed by atoms with Gasteiger partial charge in [-0.2, -0.15) is 0 Å². The fourth-order valence-corrected chi connectivity index (χ4v) is 1.81. The van der Waals surface area contributed by atoms with Gasteiger partial charge in [0.2, 0.25) is 0 Å². The monoisotopic (exact) mass is 170 g/mol. The van der Waals surface area contributed by atoms with Gasteiger partial charge >= 0.3 is 0 Å². The Morgan fingerprint density at radius 3 is 2.67 bits per heavy atom. The Morgan fingerprint density at radius 2 is 2.25 bits per heavy atom. The summed E-state index contributed by atoms with van der Waals surface area (Å²) < 4.78 is 0. The summed E-state index contributed by atoms with van der Waals surface area (Å²) in [6, 6.07) is 0. The van der Waals surface area contributed by atoms with Crippen molar-refractivity contribution in [2.24, 2.45) is 0 Å². The van der Waals surface area contributed by atoms with Crippen LogP contribution in [-0.4, -0.2) is 43.4 Å².